The Bertz CT molecular complexity index is 804. The van der Waals surface area contributed by atoms with Gasteiger partial charge in [-0.1, -0.05) is 0 Å². The van der Waals surface area contributed by atoms with Gasteiger partial charge in [0.15, 0.2) is 9.84 Å². The minimum atomic E-state index is -3.50. The fourth-order valence-electron chi connectivity index (χ4n) is 3.96. The number of rotatable bonds is 1. The highest BCUT2D eigenvalue weighted by molar-refractivity contribution is 7.95. The third kappa shape index (κ3) is 1.46. The third-order valence-corrected chi connectivity index (χ3v) is 9.44. The lowest BCUT2D eigenvalue weighted by molar-refractivity contribution is 0.332. The Morgan fingerprint density at radius 3 is 2.50 bits per heavy atom. The molecule has 0 unspecified atom stereocenters. The van der Waals surface area contributed by atoms with Gasteiger partial charge in [-0.15, -0.1) is 0 Å². The third-order valence-electron chi connectivity index (χ3n) is 5.97. The van der Waals surface area contributed by atoms with E-state index in [1.54, 1.807) is 27.7 Å². The van der Waals surface area contributed by atoms with Crippen LogP contribution < -0.4 is 5.73 Å². The maximum absolute atomic E-state index is 14.4. The Labute approximate surface area is 130 Å². The normalized spacial score (nSPS) is 39.6. The van der Waals surface area contributed by atoms with E-state index < -0.39 is 30.7 Å². The summed E-state index contributed by atoms with van der Waals surface area (Å²) in [6.45, 7) is 6.84. The molecule has 3 rings (SSSR count). The van der Waals surface area contributed by atoms with Crippen LogP contribution in [0, 0.1) is 5.82 Å². The minimum absolute atomic E-state index is 0.252. The highest BCUT2D eigenvalue weighted by Crippen LogP contribution is 2.59. The number of aliphatic imine (C=N–C) groups is 1. The molecule has 2 bridgehead atoms. The molecule has 2 aliphatic heterocycles. The minimum Gasteiger partial charge on any atom is -0.399 e. The number of sulfone groups is 1. The summed E-state index contributed by atoms with van der Waals surface area (Å²) in [6, 6.07) is 4.25. The van der Waals surface area contributed by atoms with Crippen LogP contribution in [0.25, 0.3) is 0 Å². The molecule has 0 radical (unpaired) electrons. The van der Waals surface area contributed by atoms with E-state index >= 15 is 0 Å². The van der Waals surface area contributed by atoms with Crippen LogP contribution in [-0.2, 0) is 15.4 Å². The summed E-state index contributed by atoms with van der Waals surface area (Å²) in [5, 5.41) is 0. The van der Waals surface area contributed by atoms with Crippen LogP contribution in [0.2, 0.25) is 0 Å². The Balaban J connectivity index is 2.39. The van der Waals surface area contributed by atoms with Crippen molar-refractivity contribution in [1.29, 1.82) is 0 Å². The largest absolute Gasteiger partial charge is 0.399 e. The maximum atomic E-state index is 14.4. The van der Waals surface area contributed by atoms with E-state index in [4.69, 9.17) is 10.7 Å². The second kappa shape index (κ2) is 4.10. The lowest BCUT2D eigenvalue weighted by Crippen LogP contribution is -2.59. The molecule has 2 N–H and O–H groups in total. The first kappa shape index (κ1) is 15.5. The average molecular weight is 324 g/mol. The standard InChI is InChI=1S/C16H21FN2O2S/c1-10-14(2)7-8-15(3,22(14,20)21)16(4,19-10)12-9-11(18)5-6-13(12)17/h5-6,9H,7-8,18H2,1-4H3/t14-,15+,16+/m0/s1. The number of nitrogens with zero attached hydrogens (tertiary/aromatic N) is 1. The first-order valence-corrected chi connectivity index (χ1v) is 8.84. The molecule has 22 heavy (non-hydrogen) atoms. The van der Waals surface area contributed by atoms with Crippen LogP contribution in [0.4, 0.5) is 10.1 Å². The van der Waals surface area contributed by atoms with E-state index in [0.717, 1.165) is 0 Å². The maximum Gasteiger partial charge on any atom is 0.169 e. The molecule has 0 aliphatic carbocycles. The molecule has 0 amide bonds. The van der Waals surface area contributed by atoms with Crippen molar-refractivity contribution in [2.75, 3.05) is 5.73 Å². The van der Waals surface area contributed by atoms with E-state index in [0.29, 0.717) is 24.2 Å². The summed E-state index contributed by atoms with van der Waals surface area (Å²) in [5.41, 5.74) is 5.82. The highest BCUT2D eigenvalue weighted by Gasteiger charge is 2.69. The first-order valence-electron chi connectivity index (χ1n) is 7.36. The molecule has 2 heterocycles. The van der Waals surface area contributed by atoms with Crippen molar-refractivity contribution < 1.29 is 12.8 Å². The van der Waals surface area contributed by atoms with Gasteiger partial charge in [0.25, 0.3) is 0 Å². The van der Waals surface area contributed by atoms with E-state index in [9.17, 15) is 12.8 Å². The fourth-order valence-corrected chi connectivity index (χ4v) is 6.81. The van der Waals surface area contributed by atoms with Gasteiger partial charge >= 0.3 is 0 Å². The van der Waals surface area contributed by atoms with Crippen LogP contribution in [0.15, 0.2) is 23.2 Å². The topological polar surface area (TPSA) is 72.5 Å². The molecular weight excluding hydrogens is 303 g/mol. The zero-order valence-electron chi connectivity index (χ0n) is 13.3. The van der Waals surface area contributed by atoms with Gasteiger partial charge in [0.05, 0.1) is 4.75 Å². The summed E-state index contributed by atoms with van der Waals surface area (Å²) in [6.07, 6.45) is 0.970. The van der Waals surface area contributed by atoms with E-state index in [1.807, 2.05) is 0 Å². The molecule has 1 saturated heterocycles. The lowest BCUT2D eigenvalue weighted by Gasteiger charge is -2.46. The predicted molar refractivity (Wildman–Crippen MR) is 86.2 cm³/mol. The molecule has 0 saturated carbocycles. The smallest absolute Gasteiger partial charge is 0.169 e. The van der Waals surface area contributed by atoms with Crippen LogP contribution in [-0.4, -0.2) is 23.6 Å². The molecule has 4 nitrogen and oxygen atoms in total. The molecule has 1 fully saturated rings. The van der Waals surface area contributed by atoms with Gasteiger partial charge in [-0.05, 0) is 58.7 Å². The predicted octanol–water partition coefficient (Wildman–Crippen LogP) is 2.82. The molecule has 2 aliphatic rings. The van der Waals surface area contributed by atoms with Gasteiger partial charge in [-0.25, -0.2) is 12.8 Å². The van der Waals surface area contributed by atoms with Crippen molar-refractivity contribution in [2.24, 2.45) is 4.99 Å². The van der Waals surface area contributed by atoms with Crippen molar-refractivity contribution in [3.05, 3.63) is 29.6 Å². The number of hydrogen-bond donors (Lipinski definition) is 1. The van der Waals surface area contributed by atoms with Crippen LogP contribution in [0.1, 0.15) is 46.1 Å². The van der Waals surface area contributed by atoms with Gasteiger partial charge < -0.3 is 5.73 Å². The SMILES string of the molecule is CC1=N[C@](C)(c2cc(N)ccc2F)[C@@]2(C)CC[C@]1(C)S2(=O)=O. The number of benzene rings is 1. The summed E-state index contributed by atoms with van der Waals surface area (Å²) in [4.78, 5) is 4.69. The summed E-state index contributed by atoms with van der Waals surface area (Å²) in [5.74, 6) is -0.472. The summed E-state index contributed by atoms with van der Waals surface area (Å²) >= 11 is 0. The van der Waals surface area contributed by atoms with Crippen LogP contribution in [0.3, 0.4) is 0 Å². The summed E-state index contributed by atoms with van der Waals surface area (Å²) in [7, 11) is -3.50. The zero-order chi connectivity index (χ0) is 16.6. The first-order chi connectivity index (χ1) is 9.99. The second-order valence-corrected chi connectivity index (χ2v) is 9.78. The van der Waals surface area contributed by atoms with Gasteiger partial charge in [0, 0.05) is 17.0 Å². The molecule has 6 heteroatoms. The molecule has 0 aromatic heterocycles. The molecule has 1 aromatic rings. The van der Waals surface area contributed by atoms with Crippen molar-refractivity contribution in [3.63, 3.8) is 0 Å². The number of nitrogen functional groups attached to an aromatic ring is 1. The lowest BCUT2D eigenvalue weighted by atomic mass is 9.78. The average Bonchev–Trinajstić information content (AvgIpc) is 2.58. The van der Waals surface area contributed by atoms with Gasteiger partial charge in [0.2, 0.25) is 0 Å². The number of halogens is 1. The summed E-state index contributed by atoms with van der Waals surface area (Å²) < 4.78 is 38.7. The molecule has 120 valence electrons. The van der Waals surface area contributed by atoms with Gasteiger partial charge in [-0.3, -0.25) is 4.99 Å². The molecular formula is C16H21FN2O2S. The van der Waals surface area contributed by atoms with Crippen LogP contribution >= 0.6 is 0 Å². The fraction of sp³-hybridized carbons (Fsp3) is 0.562. The monoisotopic (exact) mass is 324 g/mol. The number of nitrogens with two attached hydrogens (primary N) is 1. The molecule has 3 atom stereocenters. The van der Waals surface area contributed by atoms with Gasteiger partial charge in [0.1, 0.15) is 16.1 Å². The molecule has 0 spiro atoms. The Morgan fingerprint density at radius 1 is 1.23 bits per heavy atom. The van der Waals surface area contributed by atoms with Crippen molar-refractivity contribution in [2.45, 2.75) is 55.6 Å². The number of anilines is 1. The van der Waals surface area contributed by atoms with Crippen molar-refractivity contribution >= 4 is 21.2 Å². The van der Waals surface area contributed by atoms with Crippen LogP contribution in [0.5, 0.6) is 0 Å². The zero-order valence-corrected chi connectivity index (χ0v) is 14.1. The van der Waals surface area contributed by atoms with E-state index in [-0.39, 0.29) is 5.56 Å². The van der Waals surface area contributed by atoms with Crippen molar-refractivity contribution in [1.82, 2.24) is 0 Å². The van der Waals surface area contributed by atoms with E-state index in [1.165, 1.54) is 18.2 Å². The molecule has 1 aromatic carbocycles. The van der Waals surface area contributed by atoms with E-state index in [2.05, 4.69) is 0 Å². The Hall–Kier alpha value is -1.43. The second-order valence-electron chi connectivity index (χ2n) is 6.97. The highest BCUT2D eigenvalue weighted by atomic mass is 32.2. The Kier molecular flexibility index (Phi) is 2.88. The number of fused-ring (bicyclic) bond motifs is 2. The quantitative estimate of drug-likeness (QED) is 0.807. The number of hydrogen-bond acceptors (Lipinski definition) is 4. The Morgan fingerprint density at radius 2 is 1.86 bits per heavy atom. The van der Waals surface area contributed by atoms with Gasteiger partial charge in [-0.2, -0.15) is 0 Å². The van der Waals surface area contributed by atoms with Crippen molar-refractivity contribution in [3.8, 4) is 0 Å².